The Labute approximate surface area is 111 Å². The Morgan fingerprint density at radius 2 is 2.11 bits per heavy atom. The van der Waals surface area contributed by atoms with Crippen LogP contribution in [0.1, 0.15) is 47.5 Å². The Bertz CT molecular complexity index is 273. The Morgan fingerprint density at radius 1 is 1.44 bits per heavy atom. The molecule has 1 heterocycles. The normalized spacial score (nSPS) is 23.7. The third kappa shape index (κ3) is 4.58. The molecule has 1 fully saturated rings. The summed E-state index contributed by atoms with van der Waals surface area (Å²) in [6.07, 6.45) is 2.01. The molecule has 0 bridgehead atoms. The van der Waals surface area contributed by atoms with Crippen LogP contribution < -0.4 is 10.6 Å². The second kappa shape index (κ2) is 6.53. The van der Waals surface area contributed by atoms with Gasteiger partial charge in [0.2, 0.25) is 5.91 Å². The van der Waals surface area contributed by atoms with E-state index in [1.54, 1.807) is 0 Å². The van der Waals surface area contributed by atoms with Gasteiger partial charge in [0.05, 0.1) is 12.6 Å². The maximum atomic E-state index is 12.1. The van der Waals surface area contributed by atoms with Crippen LogP contribution in [0.3, 0.4) is 0 Å². The number of carbonyl (C=O) groups is 1. The van der Waals surface area contributed by atoms with Crippen molar-refractivity contribution in [3.8, 4) is 0 Å². The number of hydrogen-bond acceptors (Lipinski definition) is 3. The summed E-state index contributed by atoms with van der Waals surface area (Å²) in [5, 5.41) is 6.45. The highest BCUT2D eigenvalue weighted by molar-refractivity contribution is 5.82. The van der Waals surface area contributed by atoms with Crippen LogP contribution in [0.5, 0.6) is 0 Å². The van der Waals surface area contributed by atoms with Gasteiger partial charge in [0.25, 0.3) is 0 Å². The number of nitrogens with one attached hydrogen (secondary N) is 2. The van der Waals surface area contributed by atoms with Gasteiger partial charge in [-0.1, -0.05) is 6.92 Å². The predicted octanol–water partition coefficient (Wildman–Crippen LogP) is 1.69. The first kappa shape index (κ1) is 15.4. The van der Waals surface area contributed by atoms with Crippen molar-refractivity contribution < 1.29 is 9.53 Å². The molecule has 106 valence electrons. The van der Waals surface area contributed by atoms with Crippen molar-refractivity contribution in [3.63, 3.8) is 0 Å². The molecule has 0 spiro atoms. The van der Waals surface area contributed by atoms with E-state index in [1.807, 2.05) is 20.8 Å². The van der Waals surface area contributed by atoms with Gasteiger partial charge in [-0.15, -0.1) is 0 Å². The molecule has 18 heavy (non-hydrogen) atoms. The quantitative estimate of drug-likeness (QED) is 0.760. The van der Waals surface area contributed by atoms with Crippen LogP contribution in [0, 0.1) is 5.92 Å². The lowest BCUT2D eigenvalue weighted by molar-refractivity contribution is -0.124. The zero-order chi connectivity index (χ0) is 13.8. The number of rotatable bonds is 6. The molecule has 1 saturated heterocycles. The van der Waals surface area contributed by atoms with Crippen LogP contribution in [0.2, 0.25) is 0 Å². The molecule has 3 unspecified atom stereocenters. The van der Waals surface area contributed by atoms with E-state index in [0.29, 0.717) is 12.0 Å². The Kier molecular flexibility index (Phi) is 5.60. The Balaban J connectivity index is 2.39. The molecule has 3 atom stereocenters. The van der Waals surface area contributed by atoms with Crippen molar-refractivity contribution in [1.29, 1.82) is 0 Å². The number of amides is 1. The molecule has 2 N–H and O–H groups in total. The molecular formula is C14H28N2O2. The molecular weight excluding hydrogens is 228 g/mol. The molecule has 0 aromatic rings. The van der Waals surface area contributed by atoms with E-state index in [-0.39, 0.29) is 17.5 Å². The van der Waals surface area contributed by atoms with Crippen LogP contribution in [0.4, 0.5) is 0 Å². The average molecular weight is 256 g/mol. The highest BCUT2D eigenvalue weighted by atomic mass is 16.5. The topological polar surface area (TPSA) is 50.4 Å². The highest BCUT2D eigenvalue weighted by Crippen LogP contribution is 2.17. The fourth-order valence-electron chi connectivity index (χ4n) is 2.08. The maximum Gasteiger partial charge on any atom is 0.237 e. The molecule has 0 aliphatic carbocycles. The van der Waals surface area contributed by atoms with E-state index >= 15 is 0 Å². The summed E-state index contributed by atoms with van der Waals surface area (Å²) in [5.41, 5.74) is -0.132. The van der Waals surface area contributed by atoms with E-state index in [4.69, 9.17) is 4.74 Å². The summed E-state index contributed by atoms with van der Waals surface area (Å²) in [6.45, 7) is 11.9. The number of ether oxygens (including phenoxy) is 1. The van der Waals surface area contributed by atoms with Crippen molar-refractivity contribution in [2.45, 2.75) is 65.1 Å². The van der Waals surface area contributed by atoms with Crippen LogP contribution in [0.15, 0.2) is 0 Å². The predicted molar refractivity (Wildman–Crippen MR) is 73.5 cm³/mol. The average Bonchev–Trinajstić information content (AvgIpc) is 2.81. The van der Waals surface area contributed by atoms with Gasteiger partial charge < -0.3 is 15.4 Å². The molecule has 0 aromatic carbocycles. The fourth-order valence-corrected chi connectivity index (χ4v) is 2.08. The molecule has 1 rings (SSSR count). The van der Waals surface area contributed by atoms with E-state index in [0.717, 1.165) is 26.1 Å². The first-order valence-electron chi connectivity index (χ1n) is 7.01. The summed E-state index contributed by atoms with van der Waals surface area (Å²) in [6, 6.07) is 0.157. The fraction of sp³-hybridized carbons (Fsp3) is 0.929. The van der Waals surface area contributed by atoms with Gasteiger partial charge in [-0.05, 0) is 46.5 Å². The van der Waals surface area contributed by atoms with Crippen molar-refractivity contribution in [1.82, 2.24) is 10.6 Å². The largest absolute Gasteiger partial charge is 0.381 e. The van der Waals surface area contributed by atoms with Crippen LogP contribution in [0.25, 0.3) is 0 Å². The molecule has 1 aliphatic rings. The van der Waals surface area contributed by atoms with E-state index in [9.17, 15) is 4.79 Å². The molecule has 4 nitrogen and oxygen atoms in total. The van der Waals surface area contributed by atoms with Gasteiger partial charge in [-0.25, -0.2) is 0 Å². The zero-order valence-corrected chi connectivity index (χ0v) is 12.4. The summed E-state index contributed by atoms with van der Waals surface area (Å²) >= 11 is 0. The van der Waals surface area contributed by atoms with Crippen LogP contribution in [-0.4, -0.2) is 36.7 Å². The van der Waals surface area contributed by atoms with Crippen molar-refractivity contribution in [2.24, 2.45) is 5.92 Å². The van der Waals surface area contributed by atoms with Gasteiger partial charge in [0, 0.05) is 18.2 Å². The smallest absolute Gasteiger partial charge is 0.237 e. The monoisotopic (exact) mass is 256 g/mol. The third-order valence-corrected chi connectivity index (χ3v) is 3.92. The lowest BCUT2D eigenvalue weighted by atomic mass is 9.99. The number of carbonyl (C=O) groups excluding carboxylic acids is 1. The maximum absolute atomic E-state index is 12.1. The molecule has 4 heteroatoms. The van der Waals surface area contributed by atoms with E-state index in [1.165, 1.54) is 0 Å². The van der Waals surface area contributed by atoms with Gasteiger partial charge in [0.1, 0.15) is 0 Å². The molecule has 1 aliphatic heterocycles. The summed E-state index contributed by atoms with van der Waals surface area (Å²) in [5.74, 6) is 0.604. The standard InChI is InChI=1S/C14H28N2O2/c1-6-14(4,5)16-13(17)11(3)15-10(2)12-7-8-18-9-12/h10-12,15H,6-9H2,1-5H3,(H,16,17). The summed E-state index contributed by atoms with van der Waals surface area (Å²) in [4.78, 5) is 12.1. The first-order valence-corrected chi connectivity index (χ1v) is 7.01. The SMILES string of the molecule is CCC(C)(C)NC(=O)C(C)NC(C)C1CCOC1. The second-order valence-electron chi connectivity index (χ2n) is 6.03. The van der Waals surface area contributed by atoms with Crippen molar-refractivity contribution in [2.75, 3.05) is 13.2 Å². The van der Waals surface area contributed by atoms with Gasteiger partial charge in [-0.3, -0.25) is 4.79 Å². The lowest BCUT2D eigenvalue weighted by Crippen LogP contribution is -2.53. The van der Waals surface area contributed by atoms with Crippen molar-refractivity contribution >= 4 is 5.91 Å². The Hall–Kier alpha value is -0.610. The molecule has 1 amide bonds. The zero-order valence-electron chi connectivity index (χ0n) is 12.4. The van der Waals surface area contributed by atoms with Crippen LogP contribution in [-0.2, 0) is 9.53 Å². The molecule has 0 radical (unpaired) electrons. The van der Waals surface area contributed by atoms with Gasteiger partial charge >= 0.3 is 0 Å². The highest BCUT2D eigenvalue weighted by Gasteiger charge is 2.27. The van der Waals surface area contributed by atoms with E-state index < -0.39 is 0 Å². The molecule has 0 aromatic heterocycles. The lowest BCUT2D eigenvalue weighted by Gasteiger charge is -2.29. The van der Waals surface area contributed by atoms with Crippen LogP contribution >= 0.6 is 0 Å². The number of hydrogen-bond donors (Lipinski definition) is 2. The van der Waals surface area contributed by atoms with Crippen molar-refractivity contribution in [3.05, 3.63) is 0 Å². The Morgan fingerprint density at radius 3 is 2.61 bits per heavy atom. The first-order chi connectivity index (χ1) is 8.35. The van der Waals surface area contributed by atoms with Gasteiger partial charge in [-0.2, -0.15) is 0 Å². The summed E-state index contributed by atoms with van der Waals surface area (Å²) < 4.78 is 5.38. The summed E-state index contributed by atoms with van der Waals surface area (Å²) in [7, 11) is 0. The van der Waals surface area contributed by atoms with Gasteiger partial charge in [0.15, 0.2) is 0 Å². The minimum Gasteiger partial charge on any atom is -0.381 e. The van der Waals surface area contributed by atoms with E-state index in [2.05, 4.69) is 24.5 Å². The second-order valence-corrected chi connectivity index (χ2v) is 6.03. The minimum absolute atomic E-state index is 0.0765. The third-order valence-electron chi connectivity index (χ3n) is 3.92. The molecule has 0 saturated carbocycles. The minimum atomic E-state index is -0.161.